The SMILES string of the molecule is O=C(NCCOCCO)N1CCN(Cc2ccc(C(F)(F)F)cc2)CC1. The Bertz CT molecular complexity index is 559. The highest BCUT2D eigenvalue weighted by molar-refractivity contribution is 5.74. The molecule has 6 nitrogen and oxygen atoms in total. The minimum absolute atomic E-state index is 0.0468. The van der Waals surface area contributed by atoms with Gasteiger partial charge in [-0.05, 0) is 17.7 Å². The molecular formula is C17H24F3N3O3. The molecule has 1 aliphatic rings. The van der Waals surface area contributed by atoms with Gasteiger partial charge in [0.2, 0.25) is 0 Å². The summed E-state index contributed by atoms with van der Waals surface area (Å²) in [5.41, 5.74) is 0.169. The van der Waals surface area contributed by atoms with E-state index in [0.717, 1.165) is 17.7 Å². The van der Waals surface area contributed by atoms with Crippen molar-refractivity contribution in [2.75, 3.05) is 52.5 Å². The molecule has 0 aliphatic carbocycles. The normalized spacial score (nSPS) is 15.9. The van der Waals surface area contributed by atoms with E-state index in [2.05, 4.69) is 10.2 Å². The van der Waals surface area contributed by atoms with E-state index < -0.39 is 11.7 Å². The van der Waals surface area contributed by atoms with Gasteiger partial charge in [-0.3, -0.25) is 4.90 Å². The molecule has 0 bridgehead atoms. The van der Waals surface area contributed by atoms with Crippen LogP contribution < -0.4 is 5.32 Å². The second-order valence-corrected chi connectivity index (χ2v) is 6.03. The van der Waals surface area contributed by atoms with Crippen LogP contribution in [0.15, 0.2) is 24.3 Å². The molecule has 0 aromatic heterocycles. The highest BCUT2D eigenvalue weighted by atomic mass is 19.4. The first-order valence-corrected chi connectivity index (χ1v) is 8.50. The summed E-state index contributed by atoms with van der Waals surface area (Å²) in [6.45, 7) is 3.93. The summed E-state index contributed by atoms with van der Waals surface area (Å²) < 4.78 is 42.8. The molecule has 1 aliphatic heterocycles. The third-order valence-corrected chi connectivity index (χ3v) is 4.11. The van der Waals surface area contributed by atoms with Crippen molar-refractivity contribution in [2.45, 2.75) is 12.7 Å². The van der Waals surface area contributed by atoms with E-state index in [4.69, 9.17) is 9.84 Å². The smallest absolute Gasteiger partial charge is 0.394 e. The topological polar surface area (TPSA) is 65.0 Å². The lowest BCUT2D eigenvalue weighted by atomic mass is 10.1. The Labute approximate surface area is 150 Å². The minimum atomic E-state index is -4.32. The lowest BCUT2D eigenvalue weighted by Gasteiger charge is -2.34. The molecule has 2 rings (SSSR count). The fraction of sp³-hybridized carbons (Fsp3) is 0.588. The minimum Gasteiger partial charge on any atom is -0.394 e. The van der Waals surface area contributed by atoms with Crippen molar-refractivity contribution in [3.63, 3.8) is 0 Å². The van der Waals surface area contributed by atoms with Crippen LogP contribution in [0.3, 0.4) is 0 Å². The van der Waals surface area contributed by atoms with Gasteiger partial charge in [-0.15, -0.1) is 0 Å². The molecule has 1 heterocycles. The molecule has 1 fully saturated rings. The van der Waals surface area contributed by atoms with Gasteiger partial charge in [-0.2, -0.15) is 13.2 Å². The monoisotopic (exact) mass is 375 g/mol. The number of urea groups is 1. The summed E-state index contributed by atoms with van der Waals surface area (Å²) in [6, 6.07) is 5.02. The molecule has 0 spiro atoms. The van der Waals surface area contributed by atoms with Gasteiger partial charge in [0, 0.05) is 39.3 Å². The highest BCUT2D eigenvalue weighted by Crippen LogP contribution is 2.29. The number of nitrogens with one attached hydrogen (secondary N) is 1. The molecule has 0 atom stereocenters. The Morgan fingerprint density at radius 1 is 1.12 bits per heavy atom. The number of piperazine rings is 1. The van der Waals surface area contributed by atoms with Crippen LogP contribution in [0, 0.1) is 0 Å². The number of benzene rings is 1. The van der Waals surface area contributed by atoms with Gasteiger partial charge in [-0.25, -0.2) is 4.79 Å². The number of aliphatic hydroxyl groups is 1. The molecule has 1 saturated heterocycles. The number of nitrogens with zero attached hydrogens (tertiary/aromatic N) is 2. The molecule has 0 saturated carbocycles. The maximum absolute atomic E-state index is 12.6. The van der Waals surface area contributed by atoms with Crippen molar-refractivity contribution in [2.24, 2.45) is 0 Å². The van der Waals surface area contributed by atoms with Crippen LogP contribution in [0.25, 0.3) is 0 Å². The van der Waals surface area contributed by atoms with E-state index in [1.807, 2.05) is 0 Å². The van der Waals surface area contributed by atoms with E-state index in [0.29, 0.717) is 45.9 Å². The molecule has 26 heavy (non-hydrogen) atoms. The third kappa shape index (κ3) is 6.47. The average molecular weight is 375 g/mol. The Balaban J connectivity index is 1.70. The average Bonchev–Trinajstić information content (AvgIpc) is 2.62. The van der Waals surface area contributed by atoms with Crippen molar-refractivity contribution >= 4 is 6.03 Å². The predicted octanol–water partition coefficient (Wildman–Crippen LogP) is 1.54. The van der Waals surface area contributed by atoms with E-state index in [1.54, 1.807) is 4.90 Å². The summed E-state index contributed by atoms with van der Waals surface area (Å²) in [6.07, 6.45) is -4.32. The second kappa shape index (κ2) is 9.75. The molecule has 1 aromatic carbocycles. The van der Waals surface area contributed by atoms with Crippen LogP contribution in [0.2, 0.25) is 0 Å². The van der Waals surface area contributed by atoms with Crippen LogP contribution in [-0.2, 0) is 17.5 Å². The zero-order valence-corrected chi connectivity index (χ0v) is 14.5. The molecule has 0 unspecified atom stereocenters. The number of alkyl halides is 3. The van der Waals surface area contributed by atoms with E-state index in [1.165, 1.54) is 12.1 Å². The molecule has 0 radical (unpaired) electrons. The van der Waals surface area contributed by atoms with E-state index in [9.17, 15) is 18.0 Å². The Kier molecular flexibility index (Phi) is 7.67. The van der Waals surface area contributed by atoms with Gasteiger partial charge in [-0.1, -0.05) is 12.1 Å². The summed E-state index contributed by atoms with van der Waals surface area (Å²) in [5.74, 6) is 0. The molecular weight excluding hydrogens is 351 g/mol. The number of carbonyl (C=O) groups is 1. The van der Waals surface area contributed by atoms with Gasteiger partial charge in [0.15, 0.2) is 0 Å². The number of rotatable bonds is 7. The largest absolute Gasteiger partial charge is 0.416 e. The number of halogens is 3. The van der Waals surface area contributed by atoms with E-state index >= 15 is 0 Å². The number of ether oxygens (including phenoxy) is 1. The number of aliphatic hydroxyl groups excluding tert-OH is 1. The van der Waals surface area contributed by atoms with Crippen molar-refractivity contribution in [3.8, 4) is 0 Å². The highest BCUT2D eigenvalue weighted by Gasteiger charge is 2.30. The second-order valence-electron chi connectivity index (χ2n) is 6.03. The Hall–Kier alpha value is -1.84. The lowest BCUT2D eigenvalue weighted by Crippen LogP contribution is -2.51. The number of carbonyl (C=O) groups excluding carboxylic acids is 1. The van der Waals surface area contributed by atoms with Gasteiger partial charge in [0.1, 0.15) is 0 Å². The Morgan fingerprint density at radius 2 is 1.77 bits per heavy atom. The van der Waals surface area contributed by atoms with Gasteiger partial charge >= 0.3 is 12.2 Å². The van der Waals surface area contributed by atoms with Gasteiger partial charge in [0.25, 0.3) is 0 Å². The fourth-order valence-electron chi connectivity index (χ4n) is 2.67. The number of hydrogen-bond acceptors (Lipinski definition) is 4. The maximum Gasteiger partial charge on any atom is 0.416 e. The van der Waals surface area contributed by atoms with Crippen LogP contribution >= 0.6 is 0 Å². The zero-order chi connectivity index (χ0) is 19.0. The zero-order valence-electron chi connectivity index (χ0n) is 14.5. The summed E-state index contributed by atoms with van der Waals surface area (Å²) >= 11 is 0. The van der Waals surface area contributed by atoms with Crippen molar-refractivity contribution in [3.05, 3.63) is 35.4 Å². The summed E-state index contributed by atoms with van der Waals surface area (Å²) in [7, 11) is 0. The van der Waals surface area contributed by atoms with Crippen LogP contribution in [0.5, 0.6) is 0 Å². The molecule has 1 aromatic rings. The standard InChI is InChI=1S/C17H24F3N3O3/c18-17(19,20)15-3-1-14(2-4-15)13-22-6-8-23(9-7-22)16(25)21-5-11-26-12-10-24/h1-4,24H,5-13H2,(H,21,25). The number of amides is 2. The van der Waals surface area contributed by atoms with Crippen molar-refractivity contribution < 1.29 is 27.8 Å². The van der Waals surface area contributed by atoms with Crippen molar-refractivity contribution in [1.29, 1.82) is 0 Å². The number of hydrogen-bond donors (Lipinski definition) is 2. The van der Waals surface area contributed by atoms with Crippen LogP contribution in [-0.4, -0.2) is 73.5 Å². The van der Waals surface area contributed by atoms with E-state index in [-0.39, 0.29) is 19.2 Å². The molecule has 2 amide bonds. The lowest BCUT2D eigenvalue weighted by molar-refractivity contribution is -0.137. The van der Waals surface area contributed by atoms with Gasteiger partial charge in [0.05, 0.1) is 25.4 Å². The predicted molar refractivity (Wildman–Crippen MR) is 89.6 cm³/mol. The first-order valence-electron chi connectivity index (χ1n) is 8.50. The van der Waals surface area contributed by atoms with Crippen molar-refractivity contribution in [1.82, 2.24) is 15.1 Å². The molecule has 2 N–H and O–H groups in total. The molecule has 146 valence electrons. The van der Waals surface area contributed by atoms with Crippen LogP contribution in [0.4, 0.5) is 18.0 Å². The van der Waals surface area contributed by atoms with Crippen LogP contribution in [0.1, 0.15) is 11.1 Å². The summed E-state index contributed by atoms with van der Waals surface area (Å²) in [5, 5.41) is 11.3. The first kappa shape index (κ1) is 20.5. The molecule has 9 heteroatoms. The maximum atomic E-state index is 12.6. The quantitative estimate of drug-likeness (QED) is 0.710. The third-order valence-electron chi connectivity index (χ3n) is 4.11. The summed E-state index contributed by atoms with van der Waals surface area (Å²) in [4.78, 5) is 15.8. The first-order chi connectivity index (χ1) is 12.4. The Morgan fingerprint density at radius 3 is 2.35 bits per heavy atom. The fourth-order valence-corrected chi connectivity index (χ4v) is 2.67. The van der Waals surface area contributed by atoms with Gasteiger partial charge < -0.3 is 20.1 Å².